The molecule has 3 heterocycles. The average Bonchev–Trinajstić information content (AvgIpc) is 3.51. The third-order valence-electron chi connectivity index (χ3n) is 6.14. The lowest BCUT2D eigenvalue weighted by molar-refractivity contribution is -0.138. The maximum Gasteiger partial charge on any atom is 0.416 e. The molecule has 22 heteroatoms. The molecule has 0 saturated carbocycles. The van der Waals surface area contributed by atoms with E-state index in [1.54, 1.807) is 0 Å². The van der Waals surface area contributed by atoms with E-state index in [-0.39, 0.29) is 58.7 Å². The molecule has 0 radical (unpaired) electrons. The van der Waals surface area contributed by atoms with Crippen molar-refractivity contribution in [3.63, 3.8) is 0 Å². The van der Waals surface area contributed by atoms with Crippen LogP contribution in [0.1, 0.15) is 21.5 Å². The van der Waals surface area contributed by atoms with Crippen molar-refractivity contribution in [2.75, 3.05) is 45.8 Å². The Morgan fingerprint density at radius 2 is 1.28 bits per heavy atom. The number of anilines is 6. The van der Waals surface area contributed by atoms with Crippen LogP contribution in [0.4, 0.5) is 61.2 Å². The van der Waals surface area contributed by atoms with Crippen LogP contribution < -0.4 is 32.7 Å². The van der Waals surface area contributed by atoms with Gasteiger partial charge in [0.15, 0.2) is 11.9 Å². The number of nitrogens with one attached hydrogen (secondary N) is 5. The van der Waals surface area contributed by atoms with Crippen LogP contribution in [0.25, 0.3) is 11.0 Å². The van der Waals surface area contributed by atoms with Crippen LogP contribution >= 0.6 is 11.6 Å². The minimum absolute atomic E-state index is 0.0162. The van der Waals surface area contributed by atoms with Gasteiger partial charge in [0.05, 0.1) is 41.4 Å². The van der Waals surface area contributed by atoms with Gasteiger partial charge in [-0.25, -0.2) is 4.98 Å². The van der Waals surface area contributed by atoms with E-state index in [4.69, 9.17) is 23.1 Å². The van der Waals surface area contributed by atoms with Gasteiger partial charge < -0.3 is 32.7 Å². The Kier molecular flexibility index (Phi) is 11.2. The van der Waals surface area contributed by atoms with Crippen molar-refractivity contribution >= 4 is 75.6 Å². The molecule has 0 aliphatic rings. The first-order valence-electron chi connectivity index (χ1n) is 13.7. The quantitative estimate of drug-likeness (QED) is 0.0628. The van der Waals surface area contributed by atoms with Gasteiger partial charge in [-0.1, -0.05) is 23.7 Å². The van der Waals surface area contributed by atoms with Gasteiger partial charge in [0, 0.05) is 11.4 Å². The molecular weight excluding hydrogens is 702 g/mol. The van der Waals surface area contributed by atoms with Crippen LogP contribution in [0.3, 0.4) is 0 Å². The minimum Gasteiger partial charge on any atom is -0.368 e. The first-order valence-corrected chi connectivity index (χ1v) is 14.1. The SMILES string of the molecule is Nc1nc(Cl)c(C=O)c(NCC(=O)Nc2cccc(C(F)(F)F)c2)n1.Nc1nc(NCC(=O)Nc2cccc(C(F)(F)F)c2)c2cn[nH]c2n1. The summed E-state index contributed by atoms with van der Waals surface area (Å²) in [6, 6.07) is 8.52. The summed E-state index contributed by atoms with van der Waals surface area (Å²) in [6.07, 6.45) is -7.16. The standard InChI is InChI=1S/C14H11ClF3N5O2.C14H12F3N7O/c15-11-9(6-24)12(23-13(19)22-11)20-5-10(25)21-8-3-1-2-7(4-8)14(16,17)18;15-14(16,17)7-2-1-3-8(4-7)21-10(25)6-19-11-9-5-20-24-12(9)23-13(18)22-11/h1-4,6H,5H2,(H,21,25)(H3,19,20,22,23);1-5H,6H2,(H,21,25)(H4,18,19,20,22,23,24). The highest BCUT2D eigenvalue weighted by Gasteiger charge is 2.31. The first-order chi connectivity index (χ1) is 23.5. The smallest absolute Gasteiger partial charge is 0.368 e. The Hall–Kier alpha value is -6.25. The molecule has 0 spiro atoms. The van der Waals surface area contributed by atoms with Gasteiger partial charge in [0.2, 0.25) is 23.7 Å². The maximum atomic E-state index is 12.7. The highest BCUT2D eigenvalue weighted by molar-refractivity contribution is 6.32. The van der Waals surface area contributed by atoms with Crippen molar-refractivity contribution in [3.05, 3.63) is 76.6 Å². The average molecular weight is 725 g/mol. The fourth-order valence-corrected chi connectivity index (χ4v) is 4.19. The zero-order chi connectivity index (χ0) is 36.6. The number of nitrogens with zero attached hydrogens (tertiary/aromatic N) is 5. The lowest BCUT2D eigenvalue weighted by atomic mass is 10.2. The van der Waals surface area contributed by atoms with Crippen molar-refractivity contribution in [1.29, 1.82) is 0 Å². The normalized spacial score (nSPS) is 11.3. The summed E-state index contributed by atoms with van der Waals surface area (Å²) in [4.78, 5) is 50.0. The topological polar surface area (TPSA) is 232 Å². The number of fused-ring (bicyclic) bond motifs is 1. The van der Waals surface area contributed by atoms with E-state index in [9.17, 15) is 40.7 Å². The number of benzene rings is 2. The second kappa shape index (κ2) is 15.3. The third-order valence-corrected chi connectivity index (χ3v) is 6.43. The molecule has 50 heavy (non-hydrogen) atoms. The second-order valence-corrected chi connectivity index (χ2v) is 10.1. The van der Waals surface area contributed by atoms with E-state index in [1.165, 1.54) is 30.5 Å². The summed E-state index contributed by atoms with van der Waals surface area (Å²) in [5.41, 5.74) is 9.53. The molecule has 0 atom stereocenters. The predicted molar refractivity (Wildman–Crippen MR) is 170 cm³/mol. The molecule has 0 aliphatic heterocycles. The Balaban J connectivity index is 0.000000225. The molecule has 0 unspecified atom stereocenters. The molecule has 0 fully saturated rings. The molecule has 0 bridgehead atoms. The minimum atomic E-state index is -4.52. The van der Waals surface area contributed by atoms with Gasteiger partial charge in [0.1, 0.15) is 16.8 Å². The number of carbonyl (C=O) groups excluding carboxylic acids is 3. The molecule has 262 valence electrons. The molecule has 2 aromatic carbocycles. The summed E-state index contributed by atoms with van der Waals surface area (Å²) in [7, 11) is 0. The van der Waals surface area contributed by atoms with E-state index < -0.39 is 35.3 Å². The van der Waals surface area contributed by atoms with E-state index in [1.807, 2.05) is 0 Å². The summed E-state index contributed by atoms with van der Waals surface area (Å²) in [6.45, 7) is -0.614. The number of aromatic nitrogens is 6. The molecular formula is C28H23ClF6N12O3. The molecule has 0 aliphatic carbocycles. The zero-order valence-electron chi connectivity index (χ0n) is 24.9. The Bertz CT molecular complexity index is 2020. The fourth-order valence-electron chi connectivity index (χ4n) is 3.97. The molecule has 2 amide bonds. The number of aldehydes is 1. The van der Waals surface area contributed by atoms with Crippen molar-refractivity contribution < 1.29 is 40.7 Å². The van der Waals surface area contributed by atoms with Crippen molar-refractivity contribution in [2.24, 2.45) is 0 Å². The van der Waals surface area contributed by atoms with E-state index in [2.05, 4.69) is 51.4 Å². The summed E-state index contributed by atoms with van der Waals surface area (Å²) >= 11 is 5.73. The van der Waals surface area contributed by atoms with Crippen LogP contribution in [0.5, 0.6) is 0 Å². The highest BCUT2D eigenvalue weighted by atomic mass is 35.5. The van der Waals surface area contributed by atoms with Gasteiger partial charge in [0.25, 0.3) is 0 Å². The summed E-state index contributed by atoms with van der Waals surface area (Å²) in [5, 5.41) is 16.7. The predicted octanol–water partition coefficient (Wildman–Crippen LogP) is 4.60. The van der Waals surface area contributed by atoms with Gasteiger partial charge in [-0.2, -0.15) is 46.4 Å². The van der Waals surface area contributed by atoms with Crippen molar-refractivity contribution in [3.8, 4) is 0 Å². The van der Waals surface area contributed by atoms with E-state index >= 15 is 0 Å². The van der Waals surface area contributed by atoms with Crippen LogP contribution in [-0.2, 0) is 21.9 Å². The number of rotatable bonds is 9. The number of halogens is 7. The molecule has 9 N–H and O–H groups in total. The van der Waals surface area contributed by atoms with E-state index in [0.29, 0.717) is 17.3 Å². The number of nitrogen functional groups attached to an aromatic ring is 2. The second-order valence-electron chi connectivity index (χ2n) is 9.78. The molecule has 5 rings (SSSR count). The number of carbonyl (C=O) groups is 3. The molecule has 0 saturated heterocycles. The number of alkyl halides is 6. The Morgan fingerprint density at radius 1 is 0.780 bits per heavy atom. The monoisotopic (exact) mass is 724 g/mol. The lowest BCUT2D eigenvalue weighted by Gasteiger charge is -2.11. The van der Waals surface area contributed by atoms with Gasteiger partial charge >= 0.3 is 12.4 Å². The maximum absolute atomic E-state index is 12.7. The number of nitrogens with two attached hydrogens (primary N) is 2. The lowest BCUT2D eigenvalue weighted by Crippen LogP contribution is -2.23. The molecule has 5 aromatic rings. The number of hydrogen-bond donors (Lipinski definition) is 7. The first kappa shape index (κ1) is 36.6. The number of H-pyrrole nitrogens is 1. The van der Waals surface area contributed by atoms with Crippen LogP contribution in [-0.4, -0.2) is 61.3 Å². The molecule has 3 aromatic heterocycles. The number of amides is 2. The Labute approximate surface area is 281 Å². The zero-order valence-corrected chi connectivity index (χ0v) is 25.7. The number of aromatic amines is 1. The third kappa shape index (κ3) is 9.88. The Morgan fingerprint density at radius 3 is 1.80 bits per heavy atom. The highest BCUT2D eigenvalue weighted by Crippen LogP contribution is 2.31. The van der Waals surface area contributed by atoms with Crippen molar-refractivity contribution in [1.82, 2.24) is 30.1 Å². The largest absolute Gasteiger partial charge is 0.416 e. The van der Waals surface area contributed by atoms with Crippen LogP contribution in [0, 0.1) is 0 Å². The molecule has 15 nitrogen and oxygen atoms in total. The number of hydrogen-bond acceptors (Lipinski definition) is 12. The van der Waals surface area contributed by atoms with Crippen LogP contribution in [0.2, 0.25) is 5.15 Å². The van der Waals surface area contributed by atoms with Crippen LogP contribution in [0.15, 0.2) is 54.7 Å². The van der Waals surface area contributed by atoms with Gasteiger partial charge in [-0.05, 0) is 36.4 Å². The summed E-state index contributed by atoms with van der Waals surface area (Å²) < 4.78 is 75.9. The summed E-state index contributed by atoms with van der Waals surface area (Å²) in [5.74, 6) is -1.21. The van der Waals surface area contributed by atoms with E-state index in [0.717, 1.165) is 24.3 Å². The van der Waals surface area contributed by atoms with Crippen molar-refractivity contribution in [2.45, 2.75) is 12.4 Å². The van der Waals surface area contributed by atoms with Gasteiger partial charge in [-0.15, -0.1) is 0 Å². The fraction of sp³-hybridized carbons (Fsp3) is 0.143. The van der Waals surface area contributed by atoms with Gasteiger partial charge in [-0.3, -0.25) is 19.5 Å².